The number of alkyl halides is 9. The minimum atomic E-state index is -5.08. The molecule has 246 valence electrons. The number of carboxylic acids is 3. The lowest BCUT2D eigenvalue weighted by Gasteiger charge is -2.39. The first-order valence-corrected chi connectivity index (χ1v) is 11.9. The van der Waals surface area contributed by atoms with Crippen molar-refractivity contribution in [3.8, 4) is 5.75 Å². The molecule has 0 amide bonds. The summed E-state index contributed by atoms with van der Waals surface area (Å²) in [6.45, 7) is 2.69. The standard InChI is InChI=1S/C18H21N3O2.3C2HF3O2/c1-2-15(12-20-7-1)23-17-4-3-16-18(17)22-11-10-21(16)13-14-5-8-19-9-6-14;3*3-2(4,5)1(6)7/h1-2,5-9,12,16-18H,3-4,10-11,13H2;3*(H,6,7)/t16-,17+,18+;;;/m0.../s1. The Morgan fingerprint density at radius 2 is 1.32 bits per heavy atom. The van der Waals surface area contributed by atoms with Gasteiger partial charge in [0, 0.05) is 37.7 Å². The highest BCUT2D eigenvalue weighted by molar-refractivity contribution is 5.73. The fraction of sp³-hybridized carbons (Fsp3) is 0.458. The van der Waals surface area contributed by atoms with Crippen LogP contribution in [0.3, 0.4) is 0 Å². The molecule has 3 atom stereocenters. The second kappa shape index (κ2) is 16.6. The third-order valence-corrected chi connectivity index (χ3v) is 5.43. The number of pyridine rings is 2. The number of aliphatic carboxylic acids is 3. The lowest BCUT2D eigenvalue weighted by Crippen LogP contribution is -2.51. The molecule has 44 heavy (non-hydrogen) atoms. The van der Waals surface area contributed by atoms with Gasteiger partial charge in [-0.05, 0) is 42.7 Å². The van der Waals surface area contributed by atoms with Crippen LogP contribution >= 0.6 is 0 Å². The largest absolute Gasteiger partial charge is 0.490 e. The highest BCUT2D eigenvalue weighted by Crippen LogP contribution is 2.33. The maximum absolute atomic E-state index is 10.6. The van der Waals surface area contributed by atoms with E-state index in [9.17, 15) is 39.5 Å². The molecular formula is C24H24F9N3O8. The first-order valence-electron chi connectivity index (χ1n) is 11.9. The first-order chi connectivity index (χ1) is 20.2. The molecule has 3 N–H and O–H groups in total. The molecule has 2 aromatic rings. The van der Waals surface area contributed by atoms with Gasteiger partial charge in [-0.1, -0.05) is 0 Å². The van der Waals surface area contributed by atoms with Gasteiger partial charge in [0.25, 0.3) is 0 Å². The number of hydrogen-bond acceptors (Lipinski definition) is 8. The summed E-state index contributed by atoms with van der Waals surface area (Å²) in [6, 6.07) is 8.46. The summed E-state index contributed by atoms with van der Waals surface area (Å²) in [7, 11) is 0. The van der Waals surface area contributed by atoms with Crippen LogP contribution in [-0.2, 0) is 25.7 Å². The molecule has 1 saturated carbocycles. The van der Waals surface area contributed by atoms with Crippen molar-refractivity contribution in [2.45, 2.75) is 56.2 Å². The molecule has 0 bridgehead atoms. The Hall–Kier alpha value is -4.20. The molecule has 1 saturated heterocycles. The SMILES string of the molecule is O=C(O)C(F)(F)F.O=C(O)C(F)(F)F.O=C(O)C(F)(F)F.c1cncc(O[C@@H]2CC[C@H]3[C@H]2OCCN3Cc2ccncc2)c1. The third-order valence-electron chi connectivity index (χ3n) is 5.43. The van der Waals surface area contributed by atoms with Crippen LogP contribution in [0.2, 0.25) is 0 Å². The van der Waals surface area contributed by atoms with Crippen molar-refractivity contribution < 1.29 is 78.7 Å². The zero-order chi connectivity index (χ0) is 33.7. The van der Waals surface area contributed by atoms with E-state index in [1.165, 1.54) is 5.56 Å². The zero-order valence-corrected chi connectivity index (χ0v) is 22.0. The van der Waals surface area contributed by atoms with Crippen molar-refractivity contribution in [1.82, 2.24) is 14.9 Å². The van der Waals surface area contributed by atoms with E-state index in [0.29, 0.717) is 6.04 Å². The van der Waals surface area contributed by atoms with Crippen molar-refractivity contribution in [1.29, 1.82) is 0 Å². The van der Waals surface area contributed by atoms with Crippen LogP contribution in [0.1, 0.15) is 18.4 Å². The van der Waals surface area contributed by atoms with Gasteiger partial charge >= 0.3 is 36.4 Å². The summed E-state index contributed by atoms with van der Waals surface area (Å²) < 4.78 is 107. The minimum Gasteiger partial charge on any atom is -0.486 e. The van der Waals surface area contributed by atoms with Crippen molar-refractivity contribution in [3.63, 3.8) is 0 Å². The second-order valence-electron chi connectivity index (χ2n) is 8.56. The topological polar surface area (TPSA) is 159 Å². The van der Waals surface area contributed by atoms with Gasteiger partial charge in [-0.15, -0.1) is 0 Å². The molecule has 0 unspecified atom stereocenters. The molecule has 1 aliphatic heterocycles. The van der Waals surface area contributed by atoms with Gasteiger partial charge in [-0.2, -0.15) is 39.5 Å². The number of fused-ring (bicyclic) bond motifs is 1. The number of hydrogen-bond donors (Lipinski definition) is 3. The lowest BCUT2D eigenvalue weighted by molar-refractivity contribution is -0.193. The van der Waals surface area contributed by atoms with Gasteiger partial charge in [0.15, 0.2) is 0 Å². The van der Waals surface area contributed by atoms with E-state index in [1.807, 2.05) is 24.5 Å². The van der Waals surface area contributed by atoms with E-state index in [4.69, 9.17) is 39.2 Å². The Kier molecular flexibility index (Phi) is 14.3. The van der Waals surface area contributed by atoms with E-state index in [1.54, 1.807) is 12.4 Å². The zero-order valence-electron chi connectivity index (χ0n) is 22.0. The van der Waals surface area contributed by atoms with Crippen molar-refractivity contribution in [3.05, 3.63) is 54.6 Å². The fourth-order valence-corrected chi connectivity index (χ4v) is 3.63. The van der Waals surface area contributed by atoms with E-state index in [-0.39, 0.29) is 12.2 Å². The second-order valence-corrected chi connectivity index (χ2v) is 8.56. The number of rotatable bonds is 4. The number of aromatic nitrogens is 2. The molecule has 0 spiro atoms. The van der Waals surface area contributed by atoms with Crippen LogP contribution in [0.5, 0.6) is 5.75 Å². The van der Waals surface area contributed by atoms with Crippen molar-refractivity contribution >= 4 is 17.9 Å². The summed E-state index contributed by atoms with van der Waals surface area (Å²) in [5.41, 5.74) is 1.30. The smallest absolute Gasteiger partial charge is 0.486 e. The predicted octanol–water partition coefficient (Wildman–Crippen LogP) is 4.19. The average Bonchev–Trinajstić information content (AvgIpc) is 3.33. The van der Waals surface area contributed by atoms with E-state index < -0.39 is 36.4 Å². The molecule has 1 aliphatic carbocycles. The number of carboxylic acid groups (broad SMARTS) is 3. The normalized spacial score (nSPS) is 19.8. The lowest BCUT2D eigenvalue weighted by atomic mass is 10.1. The monoisotopic (exact) mass is 653 g/mol. The fourth-order valence-electron chi connectivity index (χ4n) is 3.63. The molecule has 20 heteroatoms. The molecule has 0 radical (unpaired) electrons. The molecule has 4 rings (SSSR count). The van der Waals surface area contributed by atoms with Crippen molar-refractivity contribution in [2.75, 3.05) is 13.2 Å². The Labute approximate surface area is 241 Å². The number of ether oxygens (including phenoxy) is 2. The van der Waals surface area contributed by atoms with Gasteiger partial charge in [-0.25, -0.2) is 14.4 Å². The van der Waals surface area contributed by atoms with Gasteiger partial charge in [0.1, 0.15) is 18.0 Å². The van der Waals surface area contributed by atoms with Crippen LogP contribution < -0.4 is 4.74 Å². The van der Waals surface area contributed by atoms with Gasteiger partial charge in [-0.3, -0.25) is 14.9 Å². The van der Waals surface area contributed by atoms with Crippen LogP contribution in [0.15, 0.2) is 49.1 Å². The summed E-state index contributed by atoms with van der Waals surface area (Å²) in [6.07, 6.45) is -5.61. The Balaban J connectivity index is 0.000000379. The average molecular weight is 653 g/mol. The summed E-state index contributed by atoms with van der Waals surface area (Å²) in [5, 5.41) is 21.4. The molecule has 0 aromatic carbocycles. The summed E-state index contributed by atoms with van der Waals surface area (Å²) >= 11 is 0. The van der Waals surface area contributed by atoms with Crippen molar-refractivity contribution in [2.24, 2.45) is 0 Å². The highest BCUT2D eigenvalue weighted by Gasteiger charge is 2.44. The van der Waals surface area contributed by atoms with Gasteiger partial charge < -0.3 is 24.8 Å². The molecule has 3 heterocycles. The molecule has 2 fully saturated rings. The Morgan fingerprint density at radius 3 is 1.75 bits per heavy atom. The number of nitrogens with zero attached hydrogens (tertiary/aromatic N) is 3. The van der Waals surface area contributed by atoms with E-state index in [2.05, 4.69) is 27.0 Å². The quantitative estimate of drug-likeness (QED) is 0.407. The van der Waals surface area contributed by atoms with Gasteiger partial charge in [0.05, 0.1) is 12.8 Å². The van der Waals surface area contributed by atoms with Crippen LogP contribution in [0.25, 0.3) is 0 Å². The number of halogens is 9. The Bertz CT molecular complexity index is 1130. The van der Waals surface area contributed by atoms with Crippen LogP contribution in [0.4, 0.5) is 39.5 Å². The highest BCUT2D eigenvalue weighted by atomic mass is 19.4. The molecule has 11 nitrogen and oxygen atoms in total. The molecule has 2 aromatic heterocycles. The van der Waals surface area contributed by atoms with E-state index >= 15 is 0 Å². The maximum Gasteiger partial charge on any atom is 0.490 e. The minimum absolute atomic E-state index is 0.115. The van der Waals surface area contributed by atoms with E-state index in [0.717, 1.165) is 38.3 Å². The Morgan fingerprint density at radius 1 is 0.818 bits per heavy atom. The van der Waals surface area contributed by atoms with Gasteiger partial charge in [0.2, 0.25) is 0 Å². The third kappa shape index (κ3) is 13.8. The number of carbonyl (C=O) groups is 3. The van der Waals surface area contributed by atoms with Crippen LogP contribution in [0, 0.1) is 0 Å². The predicted molar refractivity (Wildman–Crippen MR) is 127 cm³/mol. The van der Waals surface area contributed by atoms with Crippen LogP contribution in [-0.4, -0.2) is 98.0 Å². The molecular weight excluding hydrogens is 629 g/mol. The summed E-state index contributed by atoms with van der Waals surface area (Å²) in [5.74, 6) is -7.44. The first kappa shape index (κ1) is 37.8. The molecule has 2 aliphatic rings. The summed E-state index contributed by atoms with van der Waals surface area (Å²) in [4.78, 5) is 37.4. The number of morpholine rings is 1. The maximum atomic E-state index is 10.6.